The Kier molecular flexibility index (Phi) is 5.25. The maximum absolute atomic E-state index is 4.60. The third-order valence-electron chi connectivity index (χ3n) is 3.41. The highest BCUT2D eigenvalue weighted by Gasteiger charge is 2.05. The number of thiophene rings is 1. The Morgan fingerprint density at radius 2 is 2.00 bits per heavy atom. The molecule has 118 valence electrons. The molecule has 1 N–H and O–H groups in total. The third kappa shape index (κ3) is 4.07. The maximum atomic E-state index is 4.60. The molecule has 0 spiro atoms. The molecular formula is C17H16BrN3S2. The zero-order valence-corrected chi connectivity index (χ0v) is 16.1. The monoisotopic (exact) mass is 405 g/mol. The van der Waals surface area contributed by atoms with Crippen molar-refractivity contribution in [3.63, 3.8) is 0 Å². The zero-order chi connectivity index (χ0) is 16.2. The molecule has 6 heteroatoms. The van der Waals surface area contributed by atoms with Gasteiger partial charge in [0.2, 0.25) is 5.13 Å². The minimum Gasteiger partial charge on any atom is -0.252 e. The summed E-state index contributed by atoms with van der Waals surface area (Å²) < 4.78 is 1.11. The van der Waals surface area contributed by atoms with E-state index in [0.717, 1.165) is 37.2 Å². The summed E-state index contributed by atoms with van der Waals surface area (Å²) in [5, 5.41) is 7.27. The molecular weight excluding hydrogens is 390 g/mol. The molecule has 0 aliphatic carbocycles. The minimum atomic E-state index is 0.800. The number of nitrogens with zero attached hydrogens (tertiary/aromatic N) is 2. The largest absolute Gasteiger partial charge is 0.252 e. The quantitative estimate of drug-likeness (QED) is 0.415. The van der Waals surface area contributed by atoms with E-state index in [2.05, 4.69) is 74.1 Å². The van der Waals surface area contributed by atoms with E-state index in [1.54, 1.807) is 22.7 Å². The fourth-order valence-electron chi connectivity index (χ4n) is 2.06. The number of nitrogens with one attached hydrogen (secondary N) is 1. The Labute approximate surface area is 152 Å². The molecule has 0 radical (unpaired) electrons. The highest BCUT2D eigenvalue weighted by Crippen LogP contribution is 2.26. The Balaban J connectivity index is 1.71. The SMILES string of the molecule is CCc1ccc(-c2csc(N/N=C(/C)c3ccc(Br)s3)n2)cc1. The number of hydrazone groups is 1. The molecule has 0 fully saturated rings. The first kappa shape index (κ1) is 16.4. The van der Waals surface area contributed by atoms with Gasteiger partial charge < -0.3 is 0 Å². The van der Waals surface area contributed by atoms with Crippen molar-refractivity contribution in [3.8, 4) is 11.3 Å². The van der Waals surface area contributed by atoms with Crippen LogP contribution in [0, 0.1) is 0 Å². The van der Waals surface area contributed by atoms with E-state index < -0.39 is 0 Å². The van der Waals surface area contributed by atoms with Gasteiger partial charge in [0.05, 0.1) is 20.1 Å². The molecule has 0 amide bonds. The van der Waals surface area contributed by atoms with Crippen LogP contribution < -0.4 is 5.43 Å². The first-order valence-electron chi connectivity index (χ1n) is 7.26. The van der Waals surface area contributed by atoms with Crippen LogP contribution in [0.1, 0.15) is 24.3 Å². The molecule has 1 aromatic carbocycles. The van der Waals surface area contributed by atoms with E-state index in [-0.39, 0.29) is 0 Å². The molecule has 0 bridgehead atoms. The molecule has 0 aliphatic rings. The van der Waals surface area contributed by atoms with E-state index in [1.165, 1.54) is 5.56 Å². The summed E-state index contributed by atoms with van der Waals surface area (Å²) >= 11 is 6.70. The van der Waals surface area contributed by atoms with Gasteiger partial charge in [-0.05, 0) is 47.0 Å². The van der Waals surface area contributed by atoms with Gasteiger partial charge in [0.25, 0.3) is 0 Å². The lowest BCUT2D eigenvalue weighted by Gasteiger charge is -1.99. The van der Waals surface area contributed by atoms with Crippen LogP contribution in [0.5, 0.6) is 0 Å². The topological polar surface area (TPSA) is 37.3 Å². The summed E-state index contributed by atoms with van der Waals surface area (Å²) in [6.45, 7) is 4.15. The van der Waals surface area contributed by atoms with Gasteiger partial charge in [-0.3, -0.25) is 5.43 Å². The highest BCUT2D eigenvalue weighted by atomic mass is 79.9. The average Bonchev–Trinajstić information content (AvgIpc) is 3.22. The number of aromatic nitrogens is 1. The smallest absolute Gasteiger partial charge is 0.203 e. The van der Waals surface area contributed by atoms with Gasteiger partial charge in [0.1, 0.15) is 0 Å². The zero-order valence-electron chi connectivity index (χ0n) is 12.8. The fourth-order valence-corrected chi connectivity index (χ4v) is 4.06. The van der Waals surface area contributed by atoms with Gasteiger partial charge in [-0.2, -0.15) is 5.10 Å². The number of anilines is 1. The number of benzene rings is 1. The van der Waals surface area contributed by atoms with E-state index in [9.17, 15) is 0 Å². The standard InChI is InChI=1S/C17H16BrN3S2/c1-3-12-4-6-13(7-5-12)14-10-22-17(19-14)21-20-11(2)15-8-9-16(18)23-15/h4-10H,3H2,1-2H3,(H,19,21)/b20-11-. The Bertz CT molecular complexity index is 818. The summed E-state index contributed by atoms with van der Waals surface area (Å²) in [7, 11) is 0. The summed E-state index contributed by atoms with van der Waals surface area (Å²) in [4.78, 5) is 5.74. The molecule has 0 aliphatic heterocycles. The highest BCUT2D eigenvalue weighted by molar-refractivity contribution is 9.11. The summed E-state index contributed by atoms with van der Waals surface area (Å²) in [6, 6.07) is 12.6. The number of hydrogen-bond acceptors (Lipinski definition) is 5. The Morgan fingerprint density at radius 3 is 2.65 bits per heavy atom. The van der Waals surface area contributed by atoms with Gasteiger partial charge in [-0.25, -0.2) is 4.98 Å². The summed E-state index contributed by atoms with van der Waals surface area (Å²) in [5.74, 6) is 0. The van der Waals surface area contributed by atoms with Crippen molar-refractivity contribution in [2.45, 2.75) is 20.3 Å². The van der Waals surface area contributed by atoms with Crippen LogP contribution in [-0.4, -0.2) is 10.7 Å². The van der Waals surface area contributed by atoms with Gasteiger partial charge in [-0.15, -0.1) is 22.7 Å². The predicted octanol–water partition coefficient (Wildman–Crippen LogP) is 6.03. The van der Waals surface area contributed by atoms with E-state index >= 15 is 0 Å². The molecule has 2 aromatic heterocycles. The van der Waals surface area contributed by atoms with Gasteiger partial charge >= 0.3 is 0 Å². The fraction of sp³-hybridized carbons (Fsp3) is 0.176. The third-order valence-corrected chi connectivity index (χ3v) is 5.89. The number of halogens is 1. The van der Waals surface area contributed by atoms with E-state index in [1.807, 2.05) is 13.0 Å². The molecule has 3 rings (SSSR count). The van der Waals surface area contributed by atoms with Crippen molar-refractivity contribution in [3.05, 3.63) is 56.0 Å². The summed E-state index contributed by atoms with van der Waals surface area (Å²) in [6.07, 6.45) is 1.05. The van der Waals surface area contributed by atoms with Gasteiger partial charge in [-0.1, -0.05) is 31.2 Å². The van der Waals surface area contributed by atoms with Crippen LogP contribution >= 0.6 is 38.6 Å². The predicted molar refractivity (Wildman–Crippen MR) is 105 cm³/mol. The van der Waals surface area contributed by atoms with E-state index in [4.69, 9.17) is 0 Å². The molecule has 0 atom stereocenters. The molecule has 2 heterocycles. The lowest BCUT2D eigenvalue weighted by atomic mass is 10.1. The van der Waals surface area contributed by atoms with Crippen LogP contribution in [0.4, 0.5) is 5.13 Å². The van der Waals surface area contributed by atoms with Crippen LogP contribution in [0.2, 0.25) is 0 Å². The van der Waals surface area contributed by atoms with E-state index in [0.29, 0.717) is 0 Å². The normalized spacial score (nSPS) is 11.7. The first-order valence-corrected chi connectivity index (χ1v) is 9.75. The minimum absolute atomic E-state index is 0.800. The van der Waals surface area contributed by atoms with Crippen molar-refractivity contribution in [2.24, 2.45) is 5.10 Å². The first-order chi connectivity index (χ1) is 11.2. The van der Waals surface area contributed by atoms with Crippen LogP contribution in [0.25, 0.3) is 11.3 Å². The van der Waals surface area contributed by atoms with Crippen LogP contribution in [-0.2, 0) is 6.42 Å². The van der Waals surface area contributed by atoms with Crippen LogP contribution in [0.3, 0.4) is 0 Å². The second-order valence-corrected chi connectivity index (χ2v) is 8.32. The van der Waals surface area contributed by atoms with Crippen LogP contribution in [0.15, 0.2) is 50.7 Å². The Morgan fingerprint density at radius 1 is 1.22 bits per heavy atom. The van der Waals surface area contributed by atoms with Crippen molar-refractivity contribution in [2.75, 3.05) is 5.43 Å². The van der Waals surface area contributed by atoms with Crippen molar-refractivity contribution >= 4 is 49.4 Å². The number of rotatable bonds is 5. The lowest BCUT2D eigenvalue weighted by molar-refractivity contribution is 1.14. The second-order valence-electron chi connectivity index (χ2n) is 5.00. The van der Waals surface area contributed by atoms with Crippen molar-refractivity contribution in [1.82, 2.24) is 4.98 Å². The molecule has 0 unspecified atom stereocenters. The molecule has 3 nitrogen and oxygen atoms in total. The Hall–Kier alpha value is -1.50. The van der Waals surface area contributed by atoms with Gasteiger partial charge in [0, 0.05) is 10.9 Å². The van der Waals surface area contributed by atoms with Gasteiger partial charge in [0.15, 0.2) is 0 Å². The second kappa shape index (κ2) is 7.38. The van der Waals surface area contributed by atoms with Crippen molar-refractivity contribution < 1.29 is 0 Å². The molecule has 0 saturated heterocycles. The lowest BCUT2D eigenvalue weighted by Crippen LogP contribution is -1.96. The maximum Gasteiger partial charge on any atom is 0.203 e. The molecule has 0 saturated carbocycles. The number of thiazole rings is 1. The number of hydrogen-bond donors (Lipinski definition) is 1. The molecule has 3 aromatic rings. The molecule has 23 heavy (non-hydrogen) atoms. The average molecular weight is 406 g/mol. The summed E-state index contributed by atoms with van der Waals surface area (Å²) in [5.41, 5.74) is 7.45. The van der Waals surface area contributed by atoms with Crippen molar-refractivity contribution in [1.29, 1.82) is 0 Å². The number of aryl methyl sites for hydroxylation is 1.